The topological polar surface area (TPSA) is 47.6 Å². The molecular weight excluding hydrogens is 242 g/mol. The van der Waals surface area contributed by atoms with Crippen LogP contribution in [0, 0.1) is 5.92 Å². The first-order chi connectivity index (χ1) is 9.31. The van der Waals surface area contributed by atoms with Gasteiger partial charge in [0, 0.05) is 0 Å². The van der Waals surface area contributed by atoms with Crippen LogP contribution in [0.5, 0.6) is 5.75 Å². The van der Waals surface area contributed by atoms with Gasteiger partial charge in [0.1, 0.15) is 11.8 Å². The monoisotopic (exact) mass is 263 g/mol. The summed E-state index contributed by atoms with van der Waals surface area (Å²) in [6, 6.07) is 9.61. The Morgan fingerprint density at radius 3 is 2.74 bits per heavy atom. The Morgan fingerprint density at radius 1 is 1.37 bits per heavy atom. The van der Waals surface area contributed by atoms with E-state index in [4.69, 9.17) is 9.47 Å². The average Bonchev–Trinajstić information content (AvgIpc) is 3.27. The van der Waals surface area contributed by atoms with Crippen molar-refractivity contribution < 1.29 is 14.3 Å². The number of ether oxygens (including phenoxy) is 2. The SMILES string of the molecule is COC(=O)C(NCCCOc1ccccc1)C1CC1. The predicted molar refractivity (Wildman–Crippen MR) is 73.1 cm³/mol. The Balaban J connectivity index is 1.61. The number of nitrogens with one attached hydrogen (secondary N) is 1. The molecule has 1 aliphatic rings. The highest BCUT2D eigenvalue weighted by molar-refractivity contribution is 5.76. The van der Waals surface area contributed by atoms with Crippen LogP contribution in [0.1, 0.15) is 19.3 Å². The highest BCUT2D eigenvalue weighted by Gasteiger charge is 2.36. The van der Waals surface area contributed by atoms with Crippen molar-refractivity contribution in [1.29, 1.82) is 0 Å². The first kappa shape index (κ1) is 13.9. The maximum atomic E-state index is 11.6. The molecule has 2 rings (SSSR count). The predicted octanol–water partition coefficient (Wildman–Crippen LogP) is 2.00. The van der Waals surface area contributed by atoms with E-state index in [1.54, 1.807) is 0 Å². The average molecular weight is 263 g/mol. The van der Waals surface area contributed by atoms with Crippen LogP contribution in [0.25, 0.3) is 0 Å². The van der Waals surface area contributed by atoms with Gasteiger partial charge in [0.05, 0.1) is 13.7 Å². The highest BCUT2D eigenvalue weighted by atomic mass is 16.5. The van der Waals surface area contributed by atoms with Gasteiger partial charge in [0.15, 0.2) is 0 Å². The van der Waals surface area contributed by atoms with E-state index in [-0.39, 0.29) is 12.0 Å². The second-order valence-corrected chi connectivity index (χ2v) is 4.81. The summed E-state index contributed by atoms with van der Waals surface area (Å²) in [5, 5.41) is 3.26. The number of rotatable bonds is 8. The van der Waals surface area contributed by atoms with Gasteiger partial charge in [0.2, 0.25) is 0 Å². The standard InChI is InChI=1S/C15H21NO3/c1-18-15(17)14(12-8-9-12)16-10-5-11-19-13-6-3-2-4-7-13/h2-4,6-7,12,14,16H,5,8-11H2,1H3. The molecule has 0 spiro atoms. The largest absolute Gasteiger partial charge is 0.494 e. The first-order valence-corrected chi connectivity index (χ1v) is 6.80. The maximum absolute atomic E-state index is 11.6. The van der Waals surface area contributed by atoms with Crippen molar-refractivity contribution in [3.63, 3.8) is 0 Å². The third-order valence-electron chi connectivity index (χ3n) is 3.25. The van der Waals surface area contributed by atoms with Gasteiger partial charge in [-0.2, -0.15) is 0 Å². The van der Waals surface area contributed by atoms with Gasteiger partial charge in [-0.3, -0.25) is 4.79 Å². The Kier molecular flexibility index (Phi) is 5.21. The smallest absolute Gasteiger partial charge is 0.323 e. The fraction of sp³-hybridized carbons (Fsp3) is 0.533. The van der Waals surface area contributed by atoms with Crippen LogP contribution in [0.4, 0.5) is 0 Å². The van der Waals surface area contributed by atoms with E-state index < -0.39 is 0 Å². The lowest BCUT2D eigenvalue weighted by Crippen LogP contribution is -2.40. The normalized spacial score (nSPS) is 15.8. The highest BCUT2D eigenvalue weighted by Crippen LogP contribution is 2.33. The summed E-state index contributed by atoms with van der Waals surface area (Å²) >= 11 is 0. The summed E-state index contributed by atoms with van der Waals surface area (Å²) in [6.07, 6.45) is 3.11. The van der Waals surface area contributed by atoms with E-state index in [2.05, 4.69) is 5.32 Å². The quantitative estimate of drug-likeness (QED) is 0.575. The van der Waals surface area contributed by atoms with Crippen molar-refractivity contribution in [3.05, 3.63) is 30.3 Å². The van der Waals surface area contributed by atoms with Crippen molar-refractivity contribution in [2.45, 2.75) is 25.3 Å². The molecule has 1 fully saturated rings. The molecule has 4 nitrogen and oxygen atoms in total. The molecule has 0 aliphatic heterocycles. The number of hydrogen-bond donors (Lipinski definition) is 1. The Morgan fingerprint density at radius 2 is 2.11 bits per heavy atom. The maximum Gasteiger partial charge on any atom is 0.323 e. The van der Waals surface area contributed by atoms with Crippen LogP contribution >= 0.6 is 0 Å². The van der Waals surface area contributed by atoms with E-state index in [9.17, 15) is 4.79 Å². The molecule has 19 heavy (non-hydrogen) atoms. The molecule has 1 saturated carbocycles. The Hall–Kier alpha value is -1.55. The fourth-order valence-electron chi connectivity index (χ4n) is 2.04. The van der Waals surface area contributed by atoms with Gasteiger partial charge >= 0.3 is 5.97 Å². The summed E-state index contributed by atoms with van der Waals surface area (Å²) < 4.78 is 10.4. The van der Waals surface area contributed by atoms with Crippen LogP contribution in [0.15, 0.2) is 30.3 Å². The molecule has 0 amide bonds. The van der Waals surface area contributed by atoms with E-state index in [0.717, 1.165) is 31.6 Å². The second-order valence-electron chi connectivity index (χ2n) is 4.81. The summed E-state index contributed by atoms with van der Waals surface area (Å²) in [7, 11) is 1.44. The van der Waals surface area contributed by atoms with Gasteiger partial charge in [-0.15, -0.1) is 0 Å². The Bertz CT molecular complexity index is 390. The minimum absolute atomic E-state index is 0.137. The van der Waals surface area contributed by atoms with E-state index in [0.29, 0.717) is 12.5 Å². The molecule has 1 aromatic rings. The number of methoxy groups -OCH3 is 1. The van der Waals surface area contributed by atoms with Crippen LogP contribution in [0.2, 0.25) is 0 Å². The number of esters is 1. The van der Waals surface area contributed by atoms with Crippen molar-refractivity contribution in [1.82, 2.24) is 5.32 Å². The molecule has 1 unspecified atom stereocenters. The molecular formula is C15H21NO3. The number of hydrogen-bond acceptors (Lipinski definition) is 4. The summed E-state index contributed by atoms with van der Waals surface area (Å²) in [6.45, 7) is 1.42. The number of carbonyl (C=O) groups excluding carboxylic acids is 1. The number of carbonyl (C=O) groups is 1. The second kappa shape index (κ2) is 7.14. The third kappa shape index (κ3) is 4.56. The number of para-hydroxylation sites is 1. The lowest BCUT2D eigenvalue weighted by molar-refractivity contribution is -0.143. The molecule has 0 saturated heterocycles. The van der Waals surface area contributed by atoms with Gasteiger partial charge in [-0.05, 0) is 43.9 Å². The van der Waals surface area contributed by atoms with Crippen molar-refractivity contribution in [3.8, 4) is 5.75 Å². The third-order valence-corrected chi connectivity index (χ3v) is 3.25. The van der Waals surface area contributed by atoms with Crippen LogP contribution in [-0.2, 0) is 9.53 Å². The minimum atomic E-state index is -0.147. The summed E-state index contributed by atoms with van der Waals surface area (Å²) in [5.41, 5.74) is 0. The zero-order chi connectivity index (χ0) is 13.5. The van der Waals surface area contributed by atoms with Gasteiger partial charge < -0.3 is 14.8 Å². The molecule has 0 heterocycles. The van der Waals surface area contributed by atoms with Gasteiger partial charge in [-0.1, -0.05) is 18.2 Å². The van der Waals surface area contributed by atoms with E-state index in [1.807, 2.05) is 30.3 Å². The molecule has 104 valence electrons. The molecule has 1 aliphatic carbocycles. The molecule has 0 aromatic heterocycles. The number of benzene rings is 1. The molecule has 4 heteroatoms. The molecule has 1 atom stereocenters. The van der Waals surface area contributed by atoms with Crippen molar-refractivity contribution in [2.75, 3.05) is 20.3 Å². The molecule has 0 bridgehead atoms. The van der Waals surface area contributed by atoms with Crippen molar-refractivity contribution in [2.24, 2.45) is 5.92 Å². The molecule has 0 radical (unpaired) electrons. The van der Waals surface area contributed by atoms with Crippen LogP contribution < -0.4 is 10.1 Å². The summed E-state index contributed by atoms with van der Waals surface area (Å²) in [5.74, 6) is 1.20. The Labute approximate surface area is 114 Å². The summed E-state index contributed by atoms with van der Waals surface area (Å²) in [4.78, 5) is 11.6. The zero-order valence-electron chi connectivity index (χ0n) is 11.3. The van der Waals surface area contributed by atoms with Gasteiger partial charge in [-0.25, -0.2) is 0 Å². The molecule has 1 N–H and O–H groups in total. The van der Waals surface area contributed by atoms with Crippen LogP contribution in [-0.4, -0.2) is 32.3 Å². The van der Waals surface area contributed by atoms with Crippen LogP contribution in [0.3, 0.4) is 0 Å². The zero-order valence-corrected chi connectivity index (χ0v) is 11.3. The van der Waals surface area contributed by atoms with Crippen molar-refractivity contribution >= 4 is 5.97 Å². The first-order valence-electron chi connectivity index (χ1n) is 6.80. The molecule has 1 aromatic carbocycles. The van der Waals surface area contributed by atoms with Gasteiger partial charge in [0.25, 0.3) is 0 Å². The van der Waals surface area contributed by atoms with E-state index in [1.165, 1.54) is 7.11 Å². The fourth-order valence-corrected chi connectivity index (χ4v) is 2.04. The minimum Gasteiger partial charge on any atom is -0.494 e. The lowest BCUT2D eigenvalue weighted by atomic mass is 10.2. The van der Waals surface area contributed by atoms with E-state index >= 15 is 0 Å². The lowest BCUT2D eigenvalue weighted by Gasteiger charge is -2.15.